The lowest BCUT2D eigenvalue weighted by Gasteiger charge is -2.05. The minimum atomic E-state index is -1.24. The van der Waals surface area contributed by atoms with Gasteiger partial charge in [-0.1, -0.05) is 0 Å². The molecule has 0 radical (unpaired) electrons. The summed E-state index contributed by atoms with van der Waals surface area (Å²) >= 11 is 0. The first kappa shape index (κ1) is 13.6. The van der Waals surface area contributed by atoms with Crippen LogP contribution in [0.3, 0.4) is 0 Å². The third-order valence-corrected chi connectivity index (χ3v) is 2.61. The quantitative estimate of drug-likeness (QED) is 0.690. The van der Waals surface area contributed by atoms with Gasteiger partial charge in [-0.3, -0.25) is 4.79 Å². The number of phenolic OH excluding ortho intramolecular Hbond substituents is 1. The summed E-state index contributed by atoms with van der Waals surface area (Å²) in [6.45, 7) is 1.63. The van der Waals surface area contributed by atoms with Crippen LogP contribution >= 0.6 is 0 Å². The van der Waals surface area contributed by atoms with E-state index < -0.39 is 17.7 Å². The Morgan fingerprint density at radius 3 is 2.60 bits per heavy atom. The molecule has 0 aliphatic carbocycles. The SMILES string of the molecule is Cc1cc(NC(=O)c2ccc(O)cc2F)c(C(=O)O)[nH]1. The molecule has 0 aliphatic heterocycles. The molecule has 104 valence electrons. The molecule has 2 aromatic rings. The molecule has 4 N–H and O–H groups in total. The van der Waals surface area contributed by atoms with E-state index in [9.17, 15) is 14.0 Å². The second-order valence-corrected chi connectivity index (χ2v) is 4.16. The molecule has 0 fully saturated rings. The van der Waals surface area contributed by atoms with Gasteiger partial charge in [-0.25, -0.2) is 9.18 Å². The normalized spacial score (nSPS) is 10.3. The van der Waals surface area contributed by atoms with Crippen molar-refractivity contribution < 1.29 is 24.2 Å². The molecule has 7 heteroatoms. The zero-order valence-corrected chi connectivity index (χ0v) is 10.4. The zero-order valence-electron chi connectivity index (χ0n) is 10.4. The number of aromatic nitrogens is 1. The standard InChI is InChI=1S/C13H11FN2O4/c1-6-4-10(11(15-6)13(19)20)16-12(18)8-3-2-7(17)5-9(8)14/h2-5,15,17H,1H3,(H,16,18)(H,19,20). The van der Waals surface area contributed by atoms with E-state index in [2.05, 4.69) is 10.3 Å². The number of carboxylic acids is 1. The van der Waals surface area contributed by atoms with Gasteiger partial charge in [0.05, 0.1) is 11.3 Å². The number of aromatic amines is 1. The minimum absolute atomic E-state index is 0.0486. The molecule has 1 aromatic heterocycles. The molecule has 0 bridgehead atoms. The van der Waals surface area contributed by atoms with Gasteiger partial charge >= 0.3 is 5.97 Å². The maximum Gasteiger partial charge on any atom is 0.354 e. The third kappa shape index (κ3) is 2.61. The van der Waals surface area contributed by atoms with Crippen LogP contribution in [0.4, 0.5) is 10.1 Å². The fourth-order valence-electron chi connectivity index (χ4n) is 1.73. The van der Waals surface area contributed by atoms with Crippen molar-refractivity contribution in [2.45, 2.75) is 6.92 Å². The summed E-state index contributed by atoms with van der Waals surface area (Å²) in [5, 5.41) is 20.4. The van der Waals surface area contributed by atoms with Gasteiger partial charge in [0.2, 0.25) is 0 Å². The van der Waals surface area contributed by atoms with Crippen LogP contribution in [-0.4, -0.2) is 27.1 Å². The Labute approximate surface area is 112 Å². The number of hydrogen-bond donors (Lipinski definition) is 4. The van der Waals surface area contributed by atoms with Crippen LogP contribution in [-0.2, 0) is 0 Å². The van der Waals surface area contributed by atoms with Gasteiger partial charge in [-0.05, 0) is 25.1 Å². The summed E-state index contributed by atoms with van der Waals surface area (Å²) < 4.78 is 13.5. The number of carboxylic acid groups (broad SMARTS) is 1. The Bertz CT molecular complexity index is 694. The molecule has 1 aromatic carbocycles. The van der Waals surface area contributed by atoms with Crippen LogP contribution in [0.15, 0.2) is 24.3 Å². The predicted octanol–water partition coefficient (Wildman–Crippen LogP) is 2.12. The van der Waals surface area contributed by atoms with Crippen LogP contribution in [0.2, 0.25) is 0 Å². The molecule has 0 spiro atoms. The summed E-state index contributed by atoms with van der Waals surface area (Å²) in [7, 11) is 0. The highest BCUT2D eigenvalue weighted by Crippen LogP contribution is 2.20. The number of aromatic carboxylic acids is 1. The number of amides is 1. The van der Waals surface area contributed by atoms with Crippen molar-refractivity contribution in [1.29, 1.82) is 0 Å². The number of halogens is 1. The molecular formula is C13H11FN2O4. The van der Waals surface area contributed by atoms with Crippen LogP contribution < -0.4 is 5.32 Å². The summed E-state index contributed by atoms with van der Waals surface area (Å²) in [6.07, 6.45) is 0. The van der Waals surface area contributed by atoms with Crippen molar-refractivity contribution in [1.82, 2.24) is 4.98 Å². The van der Waals surface area contributed by atoms with Gasteiger partial charge in [0, 0.05) is 11.8 Å². The van der Waals surface area contributed by atoms with Gasteiger partial charge < -0.3 is 20.5 Å². The van der Waals surface area contributed by atoms with Gasteiger partial charge in [0.25, 0.3) is 5.91 Å². The maximum atomic E-state index is 13.5. The number of aromatic hydroxyl groups is 1. The summed E-state index contributed by atoms with van der Waals surface area (Å²) in [5.74, 6) is -3.24. The highest BCUT2D eigenvalue weighted by atomic mass is 19.1. The first-order valence-electron chi connectivity index (χ1n) is 5.61. The average molecular weight is 278 g/mol. The first-order chi connectivity index (χ1) is 9.38. The first-order valence-corrected chi connectivity index (χ1v) is 5.61. The number of benzene rings is 1. The maximum absolute atomic E-state index is 13.5. The Balaban J connectivity index is 2.30. The van der Waals surface area contributed by atoms with E-state index in [4.69, 9.17) is 10.2 Å². The van der Waals surface area contributed by atoms with Crippen molar-refractivity contribution in [3.05, 3.63) is 47.0 Å². The second kappa shape index (κ2) is 5.04. The molecule has 0 saturated carbocycles. The number of carbonyl (C=O) groups excluding carboxylic acids is 1. The van der Waals surface area contributed by atoms with E-state index in [0.29, 0.717) is 5.69 Å². The Morgan fingerprint density at radius 1 is 1.30 bits per heavy atom. The van der Waals surface area contributed by atoms with Crippen LogP contribution in [0, 0.1) is 12.7 Å². The van der Waals surface area contributed by atoms with E-state index in [1.165, 1.54) is 12.1 Å². The smallest absolute Gasteiger partial charge is 0.354 e. The number of aryl methyl sites for hydroxylation is 1. The summed E-state index contributed by atoms with van der Waals surface area (Å²) in [5.41, 5.74) is 0.115. The molecule has 6 nitrogen and oxygen atoms in total. The van der Waals surface area contributed by atoms with Crippen molar-refractivity contribution in [3.63, 3.8) is 0 Å². The molecule has 0 aliphatic rings. The lowest BCUT2D eigenvalue weighted by atomic mass is 10.2. The monoisotopic (exact) mass is 278 g/mol. The summed E-state index contributed by atoms with van der Waals surface area (Å²) in [6, 6.07) is 4.51. The van der Waals surface area contributed by atoms with Gasteiger partial charge in [-0.2, -0.15) is 0 Å². The molecule has 20 heavy (non-hydrogen) atoms. The summed E-state index contributed by atoms with van der Waals surface area (Å²) in [4.78, 5) is 25.4. The molecular weight excluding hydrogens is 267 g/mol. The minimum Gasteiger partial charge on any atom is -0.508 e. The van der Waals surface area contributed by atoms with E-state index in [1.54, 1.807) is 6.92 Å². The van der Waals surface area contributed by atoms with E-state index in [1.807, 2.05) is 0 Å². The van der Waals surface area contributed by atoms with Gasteiger partial charge in [-0.15, -0.1) is 0 Å². The fraction of sp³-hybridized carbons (Fsp3) is 0.0769. The molecule has 0 atom stereocenters. The molecule has 0 saturated heterocycles. The van der Waals surface area contributed by atoms with Crippen molar-refractivity contribution >= 4 is 17.6 Å². The highest BCUT2D eigenvalue weighted by Gasteiger charge is 2.18. The predicted molar refractivity (Wildman–Crippen MR) is 68.5 cm³/mol. The zero-order chi connectivity index (χ0) is 14.9. The van der Waals surface area contributed by atoms with Crippen molar-refractivity contribution in [3.8, 4) is 5.75 Å². The topological polar surface area (TPSA) is 102 Å². The fourth-order valence-corrected chi connectivity index (χ4v) is 1.73. The second-order valence-electron chi connectivity index (χ2n) is 4.16. The van der Waals surface area contributed by atoms with Crippen LogP contribution in [0.5, 0.6) is 5.75 Å². The molecule has 1 amide bonds. The number of H-pyrrole nitrogens is 1. The van der Waals surface area contributed by atoms with Gasteiger partial charge in [0.1, 0.15) is 17.3 Å². The van der Waals surface area contributed by atoms with Crippen LogP contribution in [0.25, 0.3) is 0 Å². The van der Waals surface area contributed by atoms with E-state index in [0.717, 1.165) is 12.1 Å². The van der Waals surface area contributed by atoms with Crippen molar-refractivity contribution in [2.24, 2.45) is 0 Å². The lowest BCUT2D eigenvalue weighted by molar-refractivity contribution is 0.0692. The number of rotatable bonds is 3. The third-order valence-electron chi connectivity index (χ3n) is 2.61. The molecule has 1 heterocycles. The largest absolute Gasteiger partial charge is 0.508 e. The average Bonchev–Trinajstić information content (AvgIpc) is 2.70. The number of nitrogens with one attached hydrogen (secondary N) is 2. The Kier molecular flexibility index (Phi) is 3.43. The lowest BCUT2D eigenvalue weighted by Crippen LogP contribution is -2.15. The van der Waals surface area contributed by atoms with E-state index in [-0.39, 0.29) is 22.7 Å². The number of phenols is 1. The number of carbonyl (C=O) groups is 2. The number of hydrogen-bond acceptors (Lipinski definition) is 3. The van der Waals surface area contributed by atoms with E-state index >= 15 is 0 Å². The number of anilines is 1. The Hall–Kier alpha value is -2.83. The van der Waals surface area contributed by atoms with Gasteiger partial charge in [0.15, 0.2) is 0 Å². The highest BCUT2D eigenvalue weighted by molar-refractivity contribution is 6.07. The van der Waals surface area contributed by atoms with Crippen LogP contribution in [0.1, 0.15) is 26.5 Å². The molecule has 2 rings (SSSR count). The van der Waals surface area contributed by atoms with Crippen molar-refractivity contribution in [2.75, 3.05) is 5.32 Å². The Morgan fingerprint density at radius 2 is 2.00 bits per heavy atom. The molecule has 0 unspecified atom stereocenters.